The summed E-state index contributed by atoms with van der Waals surface area (Å²) in [6.45, 7) is 8.78. The Balaban J connectivity index is 1.74. The molecule has 25 heavy (non-hydrogen) atoms. The zero-order valence-corrected chi connectivity index (χ0v) is 16.0. The number of benzene rings is 1. The molecular weight excluding hydrogens is 316 g/mol. The second kappa shape index (κ2) is 9.66. The maximum atomic E-state index is 12.2. The van der Waals surface area contributed by atoms with E-state index in [4.69, 9.17) is 9.47 Å². The van der Waals surface area contributed by atoms with Crippen molar-refractivity contribution in [2.75, 3.05) is 40.4 Å². The molecule has 0 atom stereocenters. The molecule has 1 N–H and O–H groups in total. The molecule has 1 saturated heterocycles. The van der Waals surface area contributed by atoms with E-state index in [0.717, 1.165) is 31.1 Å². The van der Waals surface area contributed by atoms with Gasteiger partial charge < -0.3 is 19.7 Å². The van der Waals surface area contributed by atoms with Crippen LogP contribution in [0.2, 0.25) is 0 Å². The molecule has 5 heteroatoms. The molecule has 1 heterocycles. The van der Waals surface area contributed by atoms with Gasteiger partial charge in [0.2, 0.25) is 5.91 Å². The zero-order valence-electron chi connectivity index (χ0n) is 16.0. The molecule has 1 aliphatic heterocycles. The number of hydrogen-bond donors (Lipinski definition) is 1. The van der Waals surface area contributed by atoms with Gasteiger partial charge in [-0.3, -0.25) is 4.79 Å². The molecule has 1 aromatic rings. The van der Waals surface area contributed by atoms with E-state index >= 15 is 0 Å². The van der Waals surface area contributed by atoms with Gasteiger partial charge in [-0.15, -0.1) is 0 Å². The highest BCUT2D eigenvalue weighted by Crippen LogP contribution is 2.27. The monoisotopic (exact) mass is 348 g/mol. The normalized spacial score (nSPS) is 16.0. The third-order valence-corrected chi connectivity index (χ3v) is 4.73. The van der Waals surface area contributed by atoms with E-state index in [2.05, 4.69) is 24.1 Å². The average Bonchev–Trinajstić information content (AvgIpc) is 2.60. The van der Waals surface area contributed by atoms with E-state index in [1.165, 1.54) is 19.4 Å². The fourth-order valence-electron chi connectivity index (χ4n) is 3.39. The summed E-state index contributed by atoms with van der Waals surface area (Å²) >= 11 is 0. The van der Waals surface area contributed by atoms with Crippen LogP contribution in [0.5, 0.6) is 11.5 Å². The zero-order chi connectivity index (χ0) is 18.2. The van der Waals surface area contributed by atoms with E-state index in [1.807, 2.05) is 18.2 Å². The van der Waals surface area contributed by atoms with E-state index in [1.54, 1.807) is 14.2 Å². The quantitative estimate of drug-likeness (QED) is 0.785. The number of likely N-dealkylation sites (tertiary alicyclic amines) is 1. The third-order valence-electron chi connectivity index (χ3n) is 4.73. The largest absolute Gasteiger partial charge is 0.493 e. The van der Waals surface area contributed by atoms with Gasteiger partial charge in [-0.2, -0.15) is 0 Å². The molecule has 0 radical (unpaired) electrons. The summed E-state index contributed by atoms with van der Waals surface area (Å²) in [7, 11) is 3.21. The Hall–Kier alpha value is -1.75. The van der Waals surface area contributed by atoms with Crippen LogP contribution in [-0.4, -0.2) is 51.2 Å². The number of nitrogens with one attached hydrogen (secondary N) is 1. The van der Waals surface area contributed by atoms with Crippen LogP contribution in [0.3, 0.4) is 0 Å². The number of piperidine rings is 1. The second-order valence-corrected chi connectivity index (χ2v) is 7.31. The Bertz CT molecular complexity index is 552. The van der Waals surface area contributed by atoms with Gasteiger partial charge in [-0.1, -0.05) is 19.9 Å². The first-order valence-corrected chi connectivity index (χ1v) is 9.21. The maximum absolute atomic E-state index is 12.2. The predicted octanol–water partition coefficient (Wildman–Crippen LogP) is 2.73. The summed E-state index contributed by atoms with van der Waals surface area (Å²) in [5.41, 5.74) is 0.932. The van der Waals surface area contributed by atoms with Crippen LogP contribution in [0.1, 0.15) is 32.3 Å². The summed E-state index contributed by atoms with van der Waals surface area (Å²) in [4.78, 5) is 14.8. The SMILES string of the molecule is COc1ccc(CC(=O)NCC2CCN(CC(C)C)CC2)cc1OC. The van der Waals surface area contributed by atoms with Crippen molar-refractivity contribution in [3.05, 3.63) is 23.8 Å². The molecule has 0 aliphatic carbocycles. The van der Waals surface area contributed by atoms with E-state index in [0.29, 0.717) is 23.8 Å². The van der Waals surface area contributed by atoms with Crippen LogP contribution in [0.25, 0.3) is 0 Å². The van der Waals surface area contributed by atoms with Gasteiger partial charge in [0.15, 0.2) is 11.5 Å². The molecule has 1 aliphatic rings. The fourth-order valence-corrected chi connectivity index (χ4v) is 3.39. The summed E-state index contributed by atoms with van der Waals surface area (Å²) < 4.78 is 10.5. The van der Waals surface area contributed by atoms with Crippen molar-refractivity contribution in [3.8, 4) is 11.5 Å². The van der Waals surface area contributed by atoms with Gasteiger partial charge in [-0.05, 0) is 55.5 Å². The number of ether oxygens (including phenoxy) is 2. The molecule has 0 saturated carbocycles. The van der Waals surface area contributed by atoms with Gasteiger partial charge in [-0.25, -0.2) is 0 Å². The molecule has 5 nitrogen and oxygen atoms in total. The number of methoxy groups -OCH3 is 2. The highest BCUT2D eigenvalue weighted by atomic mass is 16.5. The van der Waals surface area contributed by atoms with Crippen LogP contribution in [0, 0.1) is 11.8 Å². The molecule has 0 aromatic heterocycles. The van der Waals surface area contributed by atoms with Crippen molar-refractivity contribution >= 4 is 5.91 Å². The van der Waals surface area contributed by atoms with Crippen molar-refractivity contribution < 1.29 is 14.3 Å². The van der Waals surface area contributed by atoms with Crippen LogP contribution in [0.4, 0.5) is 0 Å². The standard InChI is InChI=1S/C20H32N2O3/c1-15(2)14-22-9-7-16(8-10-22)13-21-20(23)12-17-5-6-18(24-3)19(11-17)25-4/h5-6,11,15-16H,7-10,12-14H2,1-4H3,(H,21,23). The summed E-state index contributed by atoms with van der Waals surface area (Å²) in [5.74, 6) is 2.72. The number of amides is 1. The number of nitrogens with zero attached hydrogens (tertiary/aromatic N) is 1. The van der Waals surface area contributed by atoms with E-state index < -0.39 is 0 Å². The highest BCUT2D eigenvalue weighted by Gasteiger charge is 2.20. The Morgan fingerprint density at radius 1 is 1.20 bits per heavy atom. The van der Waals surface area contributed by atoms with Crippen LogP contribution in [-0.2, 0) is 11.2 Å². The maximum Gasteiger partial charge on any atom is 0.224 e. The summed E-state index contributed by atoms with van der Waals surface area (Å²) in [5, 5.41) is 3.09. The Morgan fingerprint density at radius 2 is 1.88 bits per heavy atom. The minimum absolute atomic E-state index is 0.0665. The molecule has 140 valence electrons. The molecule has 0 bridgehead atoms. The number of carbonyl (C=O) groups excluding carboxylic acids is 1. The summed E-state index contributed by atoms with van der Waals surface area (Å²) in [6.07, 6.45) is 2.71. The summed E-state index contributed by atoms with van der Waals surface area (Å²) in [6, 6.07) is 5.61. The Morgan fingerprint density at radius 3 is 2.48 bits per heavy atom. The van der Waals surface area contributed by atoms with Crippen LogP contribution >= 0.6 is 0 Å². The van der Waals surface area contributed by atoms with Gasteiger partial charge >= 0.3 is 0 Å². The minimum atomic E-state index is 0.0665. The Labute approximate surface area is 151 Å². The number of rotatable bonds is 8. The van der Waals surface area contributed by atoms with Gasteiger partial charge in [0.05, 0.1) is 20.6 Å². The lowest BCUT2D eigenvalue weighted by Gasteiger charge is -2.33. The van der Waals surface area contributed by atoms with Crippen molar-refractivity contribution in [2.45, 2.75) is 33.1 Å². The fraction of sp³-hybridized carbons (Fsp3) is 0.650. The average molecular weight is 348 g/mol. The first-order chi connectivity index (χ1) is 12.0. The molecule has 1 fully saturated rings. The van der Waals surface area contributed by atoms with E-state index in [9.17, 15) is 4.79 Å². The van der Waals surface area contributed by atoms with Crippen molar-refractivity contribution in [2.24, 2.45) is 11.8 Å². The predicted molar refractivity (Wildman–Crippen MR) is 100 cm³/mol. The smallest absolute Gasteiger partial charge is 0.224 e. The first kappa shape index (κ1) is 19.6. The molecule has 1 aromatic carbocycles. The lowest BCUT2D eigenvalue weighted by Crippen LogP contribution is -2.40. The molecular formula is C20H32N2O3. The topological polar surface area (TPSA) is 50.8 Å². The van der Waals surface area contributed by atoms with Crippen molar-refractivity contribution in [3.63, 3.8) is 0 Å². The minimum Gasteiger partial charge on any atom is -0.493 e. The lowest BCUT2D eigenvalue weighted by atomic mass is 9.96. The molecule has 0 spiro atoms. The Kier molecular flexibility index (Phi) is 7.56. The number of hydrogen-bond acceptors (Lipinski definition) is 4. The van der Waals surface area contributed by atoms with E-state index in [-0.39, 0.29) is 5.91 Å². The second-order valence-electron chi connectivity index (χ2n) is 7.31. The molecule has 0 unspecified atom stereocenters. The molecule has 2 rings (SSSR count). The lowest BCUT2D eigenvalue weighted by molar-refractivity contribution is -0.120. The van der Waals surface area contributed by atoms with Crippen LogP contribution < -0.4 is 14.8 Å². The molecule has 1 amide bonds. The van der Waals surface area contributed by atoms with Gasteiger partial charge in [0.1, 0.15) is 0 Å². The van der Waals surface area contributed by atoms with Crippen LogP contribution in [0.15, 0.2) is 18.2 Å². The first-order valence-electron chi connectivity index (χ1n) is 9.21. The van der Waals surface area contributed by atoms with Gasteiger partial charge in [0.25, 0.3) is 0 Å². The van der Waals surface area contributed by atoms with Gasteiger partial charge in [0, 0.05) is 13.1 Å². The third kappa shape index (κ3) is 6.24. The van der Waals surface area contributed by atoms with Crippen molar-refractivity contribution in [1.29, 1.82) is 0 Å². The number of carbonyl (C=O) groups is 1. The van der Waals surface area contributed by atoms with Crippen molar-refractivity contribution in [1.82, 2.24) is 10.2 Å². The highest BCUT2D eigenvalue weighted by molar-refractivity contribution is 5.78.